The predicted molar refractivity (Wildman–Crippen MR) is 68.8 cm³/mol. The topological polar surface area (TPSA) is 49.6 Å². The standard InChI is InChI=1S/C13H25N3O/c1-15-12(8-9-14)10-16(13(15)17)11-6-4-2-3-5-7-11/h11-12H,2-10,14H2,1H3. The first kappa shape index (κ1) is 12.7. The van der Waals surface area contributed by atoms with E-state index in [1.807, 2.05) is 11.9 Å². The minimum Gasteiger partial charge on any atom is -0.330 e. The number of hydrogen-bond acceptors (Lipinski definition) is 2. The molecule has 0 radical (unpaired) electrons. The molecular formula is C13H25N3O. The van der Waals surface area contributed by atoms with Gasteiger partial charge in [-0.2, -0.15) is 0 Å². The molecule has 1 unspecified atom stereocenters. The summed E-state index contributed by atoms with van der Waals surface area (Å²) in [6.45, 7) is 1.55. The lowest BCUT2D eigenvalue weighted by molar-refractivity contribution is 0.176. The Labute approximate surface area is 104 Å². The molecule has 0 bridgehead atoms. The fraction of sp³-hybridized carbons (Fsp3) is 0.923. The number of carbonyl (C=O) groups excluding carboxylic acids is 1. The van der Waals surface area contributed by atoms with Gasteiger partial charge in [-0.15, -0.1) is 0 Å². The Bertz CT molecular complexity index is 261. The summed E-state index contributed by atoms with van der Waals surface area (Å²) in [5.74, 6) is 0. The molecule has 2 fully saturated rings. The first-order valence-electron chi connectivity index (χ1n) is 6.97. The molecule has 1 atom stereocenters. The van der Waals surface area contributed by atoms with Crippen molar-refractivity contribution >= 4 is 6.03 Å². The molecule has 0 spiro atoms. The van der Waals surface area contributed by atoms with E-state index in [1.165, 1.54) is 38.5 Å². The zero-order chi connectivity index (χ0) is 12.3. The lowest BCUT2D eigenvalue weighted by atomic mass is 10.1. The molecule has 2 rings (SSSR count). The van der Waals surface area contributed by atoms with E-state index in [1.54, 1.807) is 0 Å². The number of nitrogens with zero attached hydrogens (tertiary/aromatic N) is 2. The van der Waals surface area contributed by atoms with Gasteiger partial charge < -0.3 is 15.5 Å². The second kappa shape index (κ2) is 5.71. The van der Waals surface area contributed by atoms with Crippen LogP contribution in [0.4, 0.5) is 4.79 Å². The summed E-state index contributed by atoms with van der Waals surface area (Å²) >= 11 is 0. The molecule has 1 heterocycles. The predicted octanol–water partition coefficient (Wildman–Crippen LogP) is 1.79. The van der Waals surface area contributed by atoms with E-state index >= 15 is 0 Å². The van der Waals surface area contributed by atoms with Crippen LogP contribution in [0.1, 0.15) is 44.9 Å². The van der Waals surface area contributed by atoms with Crippen LogP contribution in [0.25, 0.3) is 0 Å². The lowest BCUT2D eigenvalue weighted by Gasteiger charge is -2.26. The van der Waals surface area contributed by atoms with E-state index in [2.05, 4.69) is 4.90 Å². The van der Waals surface area contributed by atoms with Gasteiger partial charge in [-0.1, -0.05) is 25.7 Å². The van der Waals surface area contributed by atoms with Crippen LogP contribution in [0, 0.1) is 0 Å². The fourth-order valence-electron chi connectivity index (χ4n) is 3.14. The molecule has 0 aromatic heterocycles. The Morgan fingerprint density at radius 3 is 2.47 bits per heavy atom. The fourth-order valence-corrected chi connectivity index (χ4v) is 3.14. The molecule has 4 heteroatoms. The highest BCUT2D eigenvalue weighted by Crippen LogP contribution is 2.27. The number of nitrogens with two attached hydrogens (primary N) is 1. The van der Waals surface area contributed by atoms with E-state index in [0.29, 0.717) is 18.6 Å². The van der Waals surface area contributed by atoms with Gasteiger partial charge in [0.05, 0.1) is 6.04 Å². The maximum Gasteiger partial charge on any atom is 0.320 e. The quantitative estimate of drug-likeness (QED) is 0.763. The highest BCUT2D eigenvalue weighted by molar-refractivity contribution is 5.77. The van der Waals surface area contributed by atoms with E-state index < -0.39 is 0 Å². The number of amides is 2. The molecule has 98 valence electrons. The minimum absolute atomic E-state index is 0.218. The van der Waals surface area contributed by atoms with Crippen LogP contribution < -0.4 is 5.73 Å². The lowest BCUT2D eigenvalue weighted by Crippen LogP contribution is -2.38. The minimum atomic E-state index is 0.218. The molecule has 1 aliphatic carbocycles. The van der Waals surface area contributed by atoms with Gasteiger partial charge in [0.1, 0.15) is 0 Å². The molecule has 1 saturated heterocycles. The largest absolute Gasteiger partial charge is 0.330 e. The monoisotopic (exact) mass is 239 g/mol. The van der Waals surface area contributed by atoms with Gasteiger partial charge in [0.2, 0.25) is 0 Å². The Morgan fingerprint density at radius 1 is 1.24 bits per heavy atom. The summed E-state index contributed by atoms with van der Waals surface area (Å²) in [6, 6.07) is 1.03. The summed E-state index contributed by atoms with van der Waals surface area (Å²) in [6.07, 6.45) is 8.52. The Kier molecular flexibility index (Phi) is 4.26. The van der Waals surface area contributed by atoms with Crippen LogP contribution in [0.2, 0.25) is 0 Å². The molecule has 1 aliphatic heterocycles. The first-order valence-corrected chi connectivity index (χ1v) is 6.97. The van der Waals surface area contributed by atoms with E-state index in [9.17, 15) is 4.79 Å². The number of hydrogen-bond donors (Lipinski definition) is 1. The van der Waals surface area contributed by atoms with Crippen molar-refractivity contribution in [3.63, 3.8) is 0 Å². The average Bonchev–Trinajstić information content (AvgIpc) is 2.56. The maximum atomic E-state index is 12.2. The van der Waals surface area contributed by atoms with Crippen LogP contribution in [0.3, 0.4) is 0 Å². The van der Waals surface area contributed by atoms with Gasteiger partial charge in [-0.05, 0) is 25.8 Å². The van der Waals surface area contributed by atoms with Gasteiger partial charge in [0.25, 0.3) is 0 Å². The Hall–Kier alpha value is -0.770. The van der Waals surface area contributed by atoms with Gasteiger partial charge in [-0.25, -0.2) is 4.79 Å². The van der Waals surface area contributed by atoms with Crippen molar-refractivity contribution in [2.75, 3.05) is 20.1 Å². The highest BCUT2D eigenvalue weighted by Gasteiger charge is 2.37. The summed E-state index contributed by atoms with van der Waals surface area (Å²) < 4.78 is 0. The SMILES string of the molecule is CN1C(=O)N(C2CCCCCC2)CC1CCN. The zero-order valence-electron chi connectivity index (χ0n) is 10.9. The third-order valence-electron chi connectivity index (χ3n) is 4.27. The van der Waals surface area contributed by atoms with Crippen LogP contribution >= 0.6 is 0 Å². The molecule has 2 amide bonds. The van der Waals surface area contributed by atoms with Crippen LogP contribution in [0.15, 0.2) is 0 Å². The molecule has 0 aromatic rings. The first-order chi connectivity index (χ1) is 8.24. The summed E-state index contributed by atoms with van der Waals surface area (Å²) in [7, 11) is 1.92. The summed E-state index contributed by atoms with van der Waals surface area (Å²) in [5.41, 5.74) is 5.61. The molecule has 1 saturated carbocycles. The number of urea groups is 1. The van der Waals surface area contributed by atoms with Crippen molar-refractivity contribution in [2.45, 2.75) is 57.0 Å². The number of likely N-dealkylation sites (N-methyl/N-ethyl adjacent to an activating group) is 1. The van der Waals surface area contributed by atoms with Crippen molar-refractivity contribution in [2.24, 2.45) is 5.73 Å². The van der Waals surface area contributed by atoms with E-state index in [-0.39, 0.29) is 6.03 Å². The van der Waals surface area contributed by atoms with Gasteiger partial charge in [-0.3, -0.25) is 0 Å². The summed E-state index contributed by atoms with van der Waals surface area (Å²) in [5, 5.41) is 0. The van der Waals surface area contributed by atoms with Crippen molar-refractivity contribution < 1.29 is 4.79 Å². The number of carbonyl (C=O) groups is 1. The van der Waals surface area contributed by atoms with E-state index in [0.717, 1.165) is 13.0 Å². The number of rotatable bonds is 3. The smallest absolute Gasteiger partial charge is 0.320 e. The molecule has 0 aromatic carbocycles. The molecular weight excluding hydrogens is 214 g/mol. The molecule has 17 heavy (non-hydrogen) atoms. The van der Waals surface area contributed by atoms with Gasteiger partial charge >= 0.3 is 6.03 Å². The second-order valence-corrected chi connectivity index (χ2v) is 5.42. The zero-order valence-corrected chi connectivity index (χ0v) is 10.9. The van der Waals surface area contributed by atoms with Crippen molar-refractivity contribution in [3.8, 4) is 0 Å². The third kappa shape index (κ3) is 2.73. The highest BCUT2D eigenvalue weighted by atomic mass is 16.2. The van der Waals surface area contributed by atoms with Crippen molar-refractivity contribution in [3.05, 3.63) is 0 Å². The van der Waals surface area contributed by atoms with Crippen molar-refractivity contribution in [1.29, 1.82) is 0 Å². The Morgan fingerprint density at radius 2 is 1.88 bits per heavy atom. The van der Waals surface area contributed by atoms with Crippen LogP contribution in [0.5, 0.6) is 0 Å². The normalized spacial score (nSPS) is 27.6. The summed E-state index contributed by atoms with van der Waals surface area (Å²) in [4.78, 5) is 16.2. The average molecular weight is 239 g/mol. The Balaban J connectivity index is 1.98. The molecule has 2 aliphatic rings. The van der Waals surface area contributed by atoms with Crippen LogP contribution in [-0.2, 0) is 0 Å². The molecule has 4 nitrogen and oxygen atoms in total. The van der Waals surface area contributed by atoms with Gasteiger partial charge in [0, 0.05) is 19.6 Å². The second-order valence-electron chi connectivity index (χ2n) is 5.42. The molecule has 2 N–H and O–H groups in total. The third-order valence-corrected chi connectivity index (χ3v) is 4.27. The van der Waals surface area contributed by atoms with Crippen LogP contribution in [-0.4, -0.2) is 48.1 Å². The van der Waals surface area contributed by atoms with E-state index in [4.69, 9.17) is 5.73 Å². The van der Waals surface area contributed by atoms with Gasteiger partial charge in [0.15, 0.2) is 0 Å². The maximum absolute atomic E-state index is 12.2. The van der Waals surface area contributed by atoms with Crippen molar-refractivity contribution in [1.82, 2.24) is 9.80 Å².